The lowest BCUT2D eigenvalue weighted by Crippen LogP contribution is -2.23. The van der Waals surface area contributed by atoms with Gasteiger partial charge in [-0.15, -0.1) is 0 Å². The number of aryl methyl sites for hydroxylation is 1. The summed E-state index contributed by atoms with van der Waals surface area (Å²) in [6.07, 6.45) is 4.65. The van der Waals surface area contributed by atoms with Crippen molar-refractivity contribution in [1.29, 1.82) is 0 Å². The van der Waals surface area contributed by atoms with Gasteiger partial charge in [-0.05, 0) is 30.7 Å². The molecule has 0 amide bonds. The van der Waals surface area contributed by atoms with Crippen molar-refractivity contribution in [2.45, 2.75) is 26.2 Å². The van der Waals surface area contributed by atoms with E-state index in [0.29, 0.717) is 16.7 Å². The summed E-state index contributed by atoms with van der Waals surface area (Å²) in [5.41, 5.74) is 2.63. The summed E-state index contributed by atoms with van der Waals surface area (Å²) in [6.45, 7) is 4.15. The van der Waals surface area contributed by atoms with Gasteiger partial charge in [0, 0.05) is 40.1 Å². The van der Waals surface area contributed by atoms with Crippen molar-refractivity contribution in [3.8, 4) is 0 Å². The van der Waals surface area contributed by atoms with Crippen LogP contribution in [-0.4, -0.2) is 20.4 Å². The fourth-order valence-electron chi connectivity index (χ4n) is 3.37. The summed E-state index contributed by atoms with van der Waals surface area (Å²) in [7, 11) is 2.01. The smallest absolute Gasteiger partial charge is 0.282 e. The molecule has 2 aromatic heterocycles. The Morgan fingerprint density at radius 3 is 2.79 bits per heavy atom. The van der Waals surface area contributed by atoms with Gasteiger partial charge in [0.1, 0.15) is 5.82 Å². The van der Waals surface area contributed by atoms with E-state index in [0.717, 1.165) is 27.4 Å². The minimum atomic E-state index is -0.155. The zero-order chi connectivity index (χ0) is 19.8. The fourth-order valence-corrected chi connectivity index (χ4v) is 3.74. The van der Waals surface area contributed by atoms with Gasteiger partial charge in [0.05, 0.1) is 17.1 Å². The molecule has 2 aromatic carbocycles. The van der Waals surface area contributed by atoms with Crippen LogP contribution in [0.5, 0.6) is 0 Å². The molecule has 4 aromatic rings. The maximum atomic E-state index is 13.2. The summed E-state index contributed by atoms with van der Waals surface area (Å²) < 4.78 is 4.36. The molecule has 6 heteroatoms. The van der Waals surface area contributed by atoms with Crippen LogP contribution >= 0.6 is 15.9 Å². The van der Waals surface area contributed by atoms with Crippen molar-refractivity contribution in [2.75, 3.05) is 0 Å². The second-order valence-electron chi connectivity index (χ2n) is 7.01. The normalized spacial score (nSPS) is 13.0. The third-order valence-electron chi connectivity index (χ3n) is 5.13. The quantitative estimate of drug-likeness (QED) is 0.420. The van der Waals surface area contributed by atoms with Crippen LogP contribution in [0.3, 0.4) is 0 Å². The zero-order valence-electron chi connectivity index (χ0n) is 16.1. The van der Waals surface area contributed by atoms with Crippen molar-refractivity contribution in [3.05, 3.63) is 74.9 Å². The lowest BCUT2D eigenvalue weighted by molar-refractivity contribution is 0.613. The molecule has 0 bridgehead atoms. The van der Waals surface area contributed by atoms with Crippen LogP contribution in [0.15, 0.2) is 63.0 Å². The number of aromatic nitrogens is 3. The molecule has 0 aliphatic carbocycles. The van der Waals surface area contributed by atoms with Gasteiger partial charge < -0.3 is 4.57 Å². The maximum absolute atomic E-state index is 13.2. The van der Waals surface area contributed by atoms with Gasteiger partial charge in [0.15, 0.2) is 0 Å². The van der Waals surface area contributed by atoms with Crippen LogP contribution in [0.25, 0.3) is 21.8 Å². The molecule has 28 heavy (non-hydrogen) atoms. The van der Waals surface area contributed by atoms with Crippen LogP contribution in [0.4, 0.5) is 0 Å². The first kappa shape index (κ1) is 18.6. The molecule has 0 radical (unpaired) electrons. The predicted molar refractivity (Wildman–Crippen MR) is 118 cm³/mol. The highest BCUT2D eigenvalue weighted by Crippen LogP contribution is 2.22. The number of hydrogen-bond acceptors (Lipinski definition) is 3. The molecule has 2 heterocycles. The number of halogens is 1. The molecule has 5 nitrogen and oxygen atoms in total. The van der Waals surface area contributed by atoms with E-state index in [1.54, 1.807) is 12.3 Å². The first-order valence-corrected chi connectivity index (χ1v) is 10.1. The van der Waals surface area contributed by atoms with Crippen LogP contribution in [0.1, 0.15) is 37.6 Å². The summed E-state index contributed by atoms with van der Waals surface area (Å²) in [5.74, 6) is 0.796. The van der Waals surface area contributed by atoms with Gasteiger partial charge in [-0.25, -0.2) is 4.98 Å². The Hall–Kier alpha value is -2.73. The summed E-state index contributed by atoms with van der Waals surface area (Å²) in [6, 6.07) is 13.7. The van der Waals surface area contributed by atoms with Crippen molar-refractivity contribution in [1.82, 2.24) is 14.2 Å². The minimum Gasteiger partial charge on any atom is -0.350 e. The average Bonchev–Trinajstić information content (AvgIpc) is 3.03. The Labute approximate surface area is 171 Å². The molecule has 0 fully saturated rings. The van der Waals surface area contributed by atoms with Gasteiger partial charge in [-0.2, -0.15) is 9.78 Å². The van der Waals surface area contributed by atoms with Gasteiger partial charge in [0.25, 0.3) is 5.56 Å². The zero-order valence-corrected chi connectivity index (χ0v) is 17.6. The summed E-state index contributed by atoms with van der Waals surface area (Å²) >= 11 is 3.44. The number of para-hydroxylation sites is 1. The molecule has 142 valence electrons. The summed E-state index contributed by atoms with van der Waals surface area (Å²) in [4.78, 5) is 17.9. The third kappa shape index (κ3) is 3.18. The van der Waals surface area contributed by atoms with Crippen LogP contribution in [0, 0.1) is 0 Å². The highest BCUT2D eigenvalue weighted by atomic mass is 79.9. The molecule has 0 aliphatic rings. The third-order valence-corrected chi connectivity index (χ3v) is 5.62. The van der Waals surface area contributed by atoms with Crippen molar-refractivity contribution >= 4 is 44.0 Å². The second kappa shape index (κ2) is 7.36. The number of nitrogens with zero attached hydrogens (tertiary/aromatic N) is 4. The van der Waals surface area contributed by atoms with Gasteiger partial charge >= 0.3 is 0 Å². The Bertz CT molecular complexity index is 1270. The fraction of sp³-hybridized carbons (Fsp3) is 0.227. The Morgan fingerprint density at radius 1 is 1.21 bits per heavy atom. The molecule has 0 spiro atoms. The largest absolute Gasteiger partial charge is 0.350 e. The average molecular weight is 437 g/mol. The van der Waals surface area contributed by atoms with Gasteiger partial charge in [0.2, 0.25) is 0 Å². The second-order valence-corrected chi connectivity index (χ2v) is 7.93. The lowest BCUT2D eigenvalue weighted by Gasteiger charge is -2.13. The number of hydrogen-bond donors (Lipinski definition) is 0. The Kier molecular flexibility index (Phi) is 4.89. The van der Waals surface area contributed by atoms with E-state index in [9.17, 15) is 4.79 Å². The van der Waals surface area contributed by atoms with Crippen molar-refractivity contribution in [2.24, 2.45) is 12.1 Å². The molecule has 4 rings (SSSR count). The molecular formula is C22H21BrN4O. The van der Waals surface area contributed by atoms with E-state index in [1.165, 1.54) is 4.68 Å². The predicted octanol–water partition coefficient (Wildman–Crippen LogP) is 5.05. The van der Waals surface area contributed by atoms with E-state index in [2.05, 4.69) is 51.6 Å². The highest BCUT2D eigenvalue weighted by molar-refractivity contribution is 9.10. The number of benzene rings is 2. The number of fused-ring (bicyclic) bond motifs is 2. The topological polar surface area (TPSA) is 52.2 Å². The molecule has 0 aliphatic heterocycles. The van der Waals surface area contributed by atoms with E-state index >= 15 is 0 Å². The van der Waals surface area contributed by atoms with Crippen LogP contribution in [0.2, 0.25) is 0 Å². The SMILES string of the molecule is CC[C@@H](C)c1nc2ccc(Br)cc2c(=O)n1N=Cc1cn(C)c2ccccc12. The molecule has 0 N–H and O–H groups in total. The number of rotatable bonds is 4. The Morgan fingerprint density at radius 2 is 2.00 bits per heavy atom. The van der Waals surface area contributed by atoms with E-state index < -0.39 is 0 Å². The van der Waals surface area contributed by atoms with E-state index in [4.69, 9.17) is 4.98 Å². The molecular weight excluding hydrogens is 416 g/mol. The highest BCUT2D eigenvalue weighted by Gasteiger charge is 2.15. The van der Waals surface area contributed by atoms with E-state index in [-0.39, 0.29) is 11.5 Å². The summed E-state index contributed by atoms with van der Waals surface area (Å²) in [5, 5.41) is 6.23. The minimum absolute atomic E-state index is 0.116. The van der Waals surface area contributed by atoms with E-state index in [1.807, 2.05) is 37.5 Å². The molecule has 0 unspecified atom stereocenters. The molecule has 1 atom stereocenters. The molecule has 0 saturated carbocycles. The maximum Gasteiger partial charge on any atom is 0.282 e. The standard InChI is InChI=1S/C22H21BrN4O/c1-4-14(2)21-25-19-10-9-16(23)11-18(19)22(28)27(21)24-12-15-13-26(3)20-8-6-5-7-17(15)20/h5-14H,4H2,1-3H3/t14-/m1/s1. The van der Waals surface area contributed by atoms with Crippen molar-refractivity contribution in [3.63, 3.8) is 0 Å². The Balaban J connectivity index is 1.92. The van der Waals surface area contributed by atoms with Crippen LogP contribution in [-0.2, 0) is 7.05 Å². The van der Waals surface area contributed by atoms with Gasteiger partial charge in [-0.1, -0.05) is 48.0 Å². The lowest BCUT2D eigenvalue weighted by atomic mass is 10.1. The molecule has 0 saturated heterocycles. The first-order valence-electron chi connectivity index (χ1n) is 9.30. The van der Waals surface area contributed by atoms with Crippen molar-refractivity contribution < 1.29 is 0 Å². The first-order chi connectivity index (χ1) is 13.5. The van der Waals surface area contributed by atoms with Crippen LogP contribution < -0.4 is 5.56 Å². The monoisotopic (exact) mass is 436 g/mol. The van der Waals surface area contributed by atoms with Gasteiger partial charge in [-0.3, -0.25) is 4.79 Å².